The van der Waals surface area contributed by atoms with Gasteiger partial charge in [0, 0.05) is 23.0 Å². The van der Waals surface area contributed by atoms with Crippen molar-refractivity contribution >= 4 is 17.7 Å². The van der Waals surface area contributed by atoms with Gasteiger partial charge in [0.25, 0.3) is 5.91 Å². The van der Waals surface area contributed by atoms with Crippen molar-refractivity contribution in [1.29, 1.82) is 0 Å². The van der Waals surface area contributed by atoms with Crippen LogP contribution in [0.4, 0.5) is 4.79 Å². The summed E-state index contributed by atoms with van der Waals surface area (Å²) >= 11 is 0. The fourth-order valence-corrected chi connectivity index (χ4v) is 5.04. The lowest BCUT2D eigenvalue weighted by Gasteiger charge is -2.30. The van der Waals surface area contributed by atoms with Crippen molar-refractivity contribution in [3.05, 3.63) is 41.2 Å². The highest BCUT2D eigenvalue weighted by Gasteiger charge is 2.51. The van der Waals surface area contributed by atoms with E-state index in [0.717, 1.165) is 35.6 Å². The summed E-state index contributed by atoms with van der Waals surface area (Å²) in [5.41, 5.74) is 1.24. The van der Waals surface area contributed by atoms with Gasteiger partial charge in [0.1, 0.15) is 11.4 Å². The fraction of sp³-hybridized carbons (Fsp3) is 0.520. The summed E-state index contributed by atoms with van der Waals surface area (Å²) in [6, 6.07) is 6.94. The maximum absolute atomic E-state index is 13.2. The number of amides is 3. The number of Topliss-reactive ketones (excluding diaryl/α,β-unsaturated/α-hetero) is 1. The Morgan fingerprint density at radius 3 is 2.67 bits per heavy atom. The molecule has 1 spiro atoms. The number of hydrogen-bond acceptors (Lipinski definition) is 5. The van der Waals surface area contributed by atoms with E-state index in [4.69, 9.17) is 4.74 Å². The number of nitrogens with one attached hydrogen (secondary N) is 1. The second-order valence-electron chi connectivity index (χ2n) is 9.60. The zero-order valence-corrected chi connectivity index (χ0v) is 19.2. The molecule has 5 rings (SSSR count). The molecule has 0 radical (unpaired) electrons. The first-order chi connectivity index (χ1) is 15.9. The summed E-state index contributed by atoms with van der Waals surface area (Å²) in [5.74, 6) is 1.35. The van der Waals surface area contributed by atoms with Gasteiger partial charge in [0.15, 0.2) is 5.78 Å². The molecule has 0 unspecified atom stereocenters. The van der Waals surface area contributed by atoms with Crippen molar-refractivity contribution in [2.24, 2.45) is 5.92 Å². The molecule has 2 aromatic heterocycles. The van der Waals surface area contributed by atoms with Crippen LogP contribution >= 0.6 is 0 Å². The molecule has 1 saturated heterocycles. The number of carbonyl (C=O) groups is 3. The molecule has 2 aliphatic carbocycles. The van der Waals surface area contributed by atoms with Crippen LogP contribution in [0, 0.1) is 19.8 Å². The van der Waals surface area contributed by atoms with Crippen LogP contribution in [0.3, 0.4) is 0 Å². The van der Waals surface area contributed by atoms with Crippen LogP contribution in [0.15, 0.2) is 24.3 Å². The van der Waals surface area contributed by atoms with E-state index in [0.29, 0.717) is 42.6 Å². The van der Waals surface area contributed by atoms with Crippen LogP contribution < -0.4 is 10.1 Å². The van der Waals surface area contributed by atoms with Crippen LogP contribution in [0.1, 0.15) is 66.7 Å². The molecule has 1 aliphatic heterocycles. The van der Waals surface area contributed by atoms with E-state index in [2.05, 4.69) is 10.3 Å². The molecular weight excluding hydrogens is 420 g/mol. The van der Waals surface area contributed by atoms with Crippen molar-refractivity contribution in [3.63, 3.8) is 0 Å². The van der Waals surface area contributed by atoms with E-state index in [1.54, 1.807) is 6.07 Å². The van der Waals surface area contributed by atoms with Crippen LogP contribution in [-0.2, 0) is 4.79 Å². The molecule has 0 bridgehead atoms. The third kappa shape index (κ3) is 4.03. The molecule has 0 aromatic carbocycles. The first-order valence-corrected chi connectivity index (χ1v) is 11.8. The number of aromatic nitrogens is 2. The molecule has 33 heavy (non-hydrogen) atoms. The molecule has 3 fully saturated rings. The second kappa shape index (κ2) is 8.32. The van der Waals surface area contributed by atoms with Gasteiger partial charge >= 0.3 is 6.03 Å². The van der Waals surface area contributed by atoms with Gasteiger partial charge in [-0.3, -0.25) is 14.5 Å². The van der Waals surface area contributed by atoms with Crippen molar-refractivity contribution < 1.29 is 19.1 Å². The number of carbonyl (C=O) groups excluding carboxylic acids is 3. The number of urea groups is 1. The molecule has 8 heteroatoms. The van der Waals surface area contributed by atoms with Crippen LogP contribution in [0.2, 0.25) is 0 Å². The number of ether oxygens (including phenoxy) is 1. The number of ketones is 1. The smallest absolute Gasteiger partial charge is 0.325 e. The summed E-state index contributed by atoms with van der Waals surface area (Å²) in [4.78, 5) is 44.5. The number of nitrogens with zero attached hydrogens (tertiary/aromatic N) is 3. The Morgan fingerprint density at radius 2 is 1.94 bits per heavy atom. The average molecular weight is 451 g/mol. The van der Waals surface area contributed by atoms with Crippen molar-refractivity contribution in [2.75, 3.05) is 13.2 Å². The third-order valence-electron chi connectivity index (χ3n) is 7.09. The van der Waals surface area contributed by atoms with Gasteiger partial charge in [-0.05, 0) is 57.6 Å². The van der Waals surface area contributed by atoms with Crippen LogP contribution in [0.5, 0.6) is 5.88 Å². The number of pyridine rings is 1. The van der Waals surface area contributed by atoms with E-state index >= 15 is 0 Å². The SMILES string of the molecule is Cc1cc(C(=O)CN2C(=O)NC3(CCCCC3)C2=O)c(C)n1-c1cccc(OCC2CC2)n1. The van der Waals surface area contributed by atoms with Gasteiger partial charge in [-0.1, -0.05) is 25.3 Å². The number of aryl methyl sites for hydroxylation is 1. The quantitative estimate of drug-likeness (QED) is 0.513. The van der Waals surface area contributed by atoms with Crippen molar-refractivity contribution in [1.82, 2.24) is 19.8 Å². The van der Waals surface area contributed by atoms with E-state index < -0.39 is 11.6 Å². The van der Waals surface area contributed by atoms with Crippen LogP contribution in [-0.4, -0.2) is 50.9 Å². The van der Waals surface area contributed by atoms with E-state index in [-0.39, 0.29) is 18.2 Å². The lowest BCUT2D eigenvalue weighted by Crippen LogP contribution is -2.48. The largest absolute Gasteiger partial charge is 0.477 e. The Bertz CT molecular complexity index is 1110. The Hall–Kier alpha value is -3.16. The molecule has 2 saturated carbocycles. The van der Waals surface area contributed by atoms with Gasteiger partial charge < -0.3 is 14.6 Å². The van der Waals surface area contributed by atoms with Gasteiger partial charge in [-0.25, -0.2) is 4.79 Å². The van der Waals surface area contributed by atoms with Crippen molar-refractivity contribution in [2.45, 2.75) is 64.3 Å². The Morgan fingerprint density at radius 1 is 1.18 bits per heavy atom. The predicted octanol–water partition coefficient (Wildman–Crippen LogP) is 3.72. The number of hydrogen-bond donors (Lipinski definition) is 1. The molecule has 3 amide bonds. The van der Waals surface area contributed by atoms with E-state index in [1.807, 2.05) is 36.6 Å². The minimum absolute atomic E-state index is 0.255. The molecule has 8 nitrogen and oxygen atoms in total. The van der Waals surface area contributed by atoms with Crippen molar-refractivity contribution in [3.8, 4) is 11.7 Å². The summed E-state index contributed by atoms with van der Waals surface area (Å²) < 4.78 is 7.72. The standard InChI is InChI=1S/C25H30N4O4/c1-16-13-19(17(2)29(16)21-7-6-8-22(26-21)33-15-18-9-10-18)20(30)14-28-23(31)25(27-24(28)32)11-4-3-5-12-25/h6-8,13,18H,3-5,9-12,14-15H2,1-2H3,(H,27,32). The minimum Gasteiger partial charge on any atom is -0.477 e. The molecule has 174 valence electrons. The maximum Gasteiger partial charge on any atom is 0.325 e. The summed E-state index contributed by atoms with van der Waals surface area (Å²) in [6.07, 6.45) is 6.58. The summed E-state index contributed by atoms with van der Waals surface area (Å²) in [6.45, 7) is 4.19. The predicted molar refractivity (Wildman–Crippen MR) is 122 cm³/mol. The minimum atomic E-state index is -0.822. The second-order valence-corrected chi connectivity index (χ2v) is 9.60. The topological polar surface area (TPSA) is 93.5 Å². The van der Waals surface area contributed by atoms with E-state index in [9.17, 15) is 14.4 Å². The highest BCUT2D eigenvalue weighted by molar-refractivity contribution is 6.11. The molecule has 2 aromatic rings. The Kier molecular flexibility index (Phi) is 5.46. The molecular formula is C25H30N4O4. The fourth-order valence-electron chi connectivity index (χ4n) is 5.04. The van der Waals surface area contributed by atoms with Gasteiger partial charge in [0.2, 0.25) is 5.88 Å². The molecule has 3 aliphatic rings. The summed E-state index contributed by atoms with van der Waals surface area (Å²) in [7, 11) is 0. The Balaban J connectivity index is 1.35. The number of imide groups is 1. The first-order valence-electron chi connectivity index (χ1n) is 11.8. The number of rotatable bonds is 7. The summed E-state index contributed by atoms with van der Waals surface area (Å²) in [5, 5.41) is 2.87. The zero-order valence-electron chi connectivity index (χ0n) is 19.2. The molecule has 3 heterocycles. The maximum atomic E-state index is 13.2. The monoisotopic (exact) mass is 450 g/mol. The lowest BCUT2D eigenvalue weighted by molar-refractivity contribution is -0.132. The van der Waals surface area contributed by atoms with Gasteiger partial charge in [0.05, 0.1) is 13.2 Å². The first kappa shape index (κ1) is 21.7. The van der Waals surface area contributed by atoms with Gasteiger partial charge in [-0.15, -0.1) is 0 Å². The normalized spacial score (nSPS) is 19.8. The third-order valence-corrected chi connectivity index (χ3v) is 7.09. The van der Waals surface area contributed by atoms with Crippen LogP contribution in [0.25, 0.3) is 5.82 Å². The highest BCUT2D eigenvalue weighted by Crippen LogP contribution is 2.34. The molecule has 1 N–H and O–H groups in total. The average Bonchev–Trinajstić information content (AvgIpc) is 3.55. The van der Waals surface area contributed by atoms with E-state index in [1.165, 1.54) is 12.8 Å². The van der Waals surface area contributed by atoms with Gasteiger partial charge in [-0.2, -0.15) is 4.98 Å². The molecule has 0 atom stereocenters. The lowest BCUT2D eigenvalue weighted by atomic mass is 9.82. The highest BCUT2D eigenvalue weighted by atomic mass is 16.5. The zero-order chi connectivity index (χ0) is 23.2. The Labute approximate surface area is 193 Å².